The van der Waals surface area contributed by atoms with Crippen LogP contribution in [-0.2, 0) is 9.53 Å². The first-order valence-corrected chi connectivity index (χ1v) is 8.14. The fraction of sp³-hybridized carbons (Fsp3) is 0.556. The highest BCUT2D eigenvalue weighted by Gasteiger charge is 2.28. The molecule has 1 aliphatic carbocycles. The zero-order valence-corrected chi connectivity index (χ0v) is 14.0. The Balaban J connectivity index is 1.86. The molecule has 1 amide bonds. The summed E-state index contributed by atoms with van der Waals surface area (Å²) in [4.78, 5) is 24.0. The molecular formula is C18H25NO4. The Bertz CT molecular complexity index is 584. The number of amides is 1. The Morgan fingerprint density at radius 3 is 2.78 bits per heavy atom. The summed E-state index contributed by atoms with van der Waals surface area (Å²) in [6.07, 6.45) is 3.26. The van der Waals surface area contributed by atoms with Crippen LogP contribution in [0.5, 0.6) is 5.75 Å². The van der Waals surface area contributed by atoms with Gasteiger partial charge in [-0.15, -0.1) is 0 Å². The Morgan fingerprint density at radius 1 is 1.30 bits per heavy atom. The van der Waals surface area contributed by atoms with Gasteiger partial charge in [0.05, 0.1) is 0 Å². The number of nitrogens with one attached hydrogen (secondary N) is 1. The van der Waals surface area contributed by atoms with Gasteiger partial charge in [-0.05, 0) is 37.3 Å². The van der Waals surface area contributed by atoms with E-state index in [4.69, 9.17) is 4.74 Å². The fourth-order valence-corrected chi connectivity index (χ4v) is 3.06. The topological polar surface area (TPSA) is 75.6 Å². The van der Waals surface area contributed by atoms with E-state index in [1.807, 2.05) is 6.92 Å². The lowest BCUT2D eigenvalue weighted by Gasteiger charge is -2.34. The first kappa shape index (κ1) is 17.3. The number of aromatic hydroxyl groups is 1. The average molecular weight is 319 g/mol. The second-order valence-corrected chi connectivity index (χ2v) is 6.54. The van der Waals surface area contributed by atoms with Crippen molar-refractivity contribution in [3.05, 3.63) is 29.3 Å². The molecule has 0 bridgehead atoms. The molecule has 0 spiro atoms. The van der Waals surface area contributed by atoms with Gasteiger partial charge in [-0.1, -0.05) is 38.3 Å². The molecule has 1 saturated carbocycles. The molecule has 0 saturated heterocycles. The normalized spacial score (nSPS) is 24.0. The summed E-state index contributed by atoms with van der Waals surface area (Å²) < 4.78 is 5.02. The molecule has 5 heteroatoms. The van der Waals surface area contributed by atoms with Gasteiger partial charge in [0.15, 0.2) is 6.61 Å². The first-order valence-electron chi connectivity index (χ1n) is 8.14. The highest BCUT2D eigenvalue weighted by molar-refractivity contribution is 5.94. The molecule has 1 fully saturated rings. The number of esters is 1. The molecule has 0 heterocycles. The largest absolute Gasteiger partial charge is 0.507 e. The standard InChI is InChI=1S/C18H25NO4/c1-11-7-8-16(20)14(9-11)18(22)23-10-17(21)19-15-6-4-5-12(2)13(15)3/h7-9,12-13,15,20H,4-6,10H2,1-3H3,(H,19,21)/t12-,13-,15-/m0/s1. The number of benzene rings is 1. The lowest BCUT2D eigenvalue weighted by atomic mass is 9.78. The summed E-state index contributed by atoms with van der Waals surface area (Å²) in [5.41, 5.74) is 0.918. The van der Waals surface area contributed by atoms with E-state index in [2.05, 4.69) is 19.2 Å². The van der Waals surface area contributed by atoms with E-state index in [1.54, 1.807) is 12.1 Å². The highest BCUT2D eigenvalue weighted by Crippen LogP contribution is 2.29. The molecule has 0 aliphatic heterocycles. The number of carbonyl (C=O) groups is 2. The van der Waals surface area contributed by atoms with Gasteiger partial charge in [0.25, 0.3) is 5.91 Å². The number of aryl methyl sites for hydroxylation is 1. The van der Waals surface area contributed by atoms with E-state index in [9.17, 15) is 14.7 Å². The minimum Gasteiger partial charge on any atom is -0.507 e. The zero-order valence-electron chi connectivity index (χ0n) is 14.0. The molecule has 1 aromatic rings. The molecule has 0 radical (unpaired) electrons. The van der Waals surface area contributed by atoms with Gasteiger partial charge in [-0.2, -0.15) is 0 Å². The van der Waals surface area contributed by atoms with E-state index >= 15 is 0 Å². The van der Waals surface area contributed by atoms with Crippen LogP contribution in [0, 0.1) is 18.8 Å². The molecule has 1 aromatic carbocycles. The monoisotopic (exact) mass is 319 g/mol. The summed E-state index contributed by atoms with van der Waals surface area (Å²) in [5.74, 6) is -0.122. The number of carbonyl (C=O) groups excluding carboxylic acids is 2. The zero-order chi connectivity index (χ0) is 17.0. The third kappa shape index (κ3) is 4.47. The van der Waals surface area contributed by atoms with E-state index in [0.29, 0.717) is 11.8 Å². The number of hydrogen-bond donors (Lipinski definition) is 2. The van der Waals surface area contributed by atoms with Crippen LogP contribution < -0.4 is 5.32 Å². The van der Waals surface area contributed by atoms with Crippen molar-refractivity contribution in [3.63, 3.8) is 0 Å². The molecule has 0 aromatic heterocycles. The Labute approximate surface area is 137 Å². The van der Waals surface area contributed by atoms with Crippen molar-refractivity contribution >= 4 is 11.9 Å². The number of hydrogen-bond acceptors (Lipinski definition) is 4. The van der Waals surface area contributed by atoms with Crippen molar-refractivity contribution in [3.8, 4) is 5.75 Å². The molecule has 2 N–H and O–H groups in total. The minimum absolute atomic E-state index is 0.0810. The van der Waals surface area contributed by atoms with Crippen LogP contribution in [0.3, 0.4) is 0 Å². The van der Waals surface area contributed by atoms with E-state index in [1.165, 1.54) is 12.5 Å². The summed E-state index contributed by atoms with van der Waals surface area (Å²) in [6.45, 7) is 5.83. The van der Waals surface area contributed by atoms with E-state index in [0.717, 1.165) is 18.4 Å². The van der Waals surface area contributed by atoms with Gasteiger partial charge >= 0.3 is 5.97 Å². The van der Waals surface area contributed by atoms with Gasteiger partial charge in [-0.25, -0.2) is 4.79 Å². The number of phenolic OH excluding ortho intramolecular Hbond substituents is 1. The smallest absolute Gasteiger partial charge is 0.342 e. The fourth-order valence-electron chi connectivity index (χ4n) is 3.06. The SMILES string of the molecule is Cc1ccc(O)c(C(=O)OCC(=O)N[C@H]2CCC[C@H](C)[C@@H]2C)c1. The molecule has 126 valence electrons. The second-order valence-electron chi connectivity index (χ2n) is 6.54. The Hall–Kier alpha value is -2.04. The first-order chi connectivity index (χ1) is 10.9. The molecule has 5 nitrogen and oxygen atoms in total. The third-order valence-electron chi connectivity index (χ3n) is 4.76. The molecule has 23 heavy (non-hydrogen) atoms. The van der Waals surface area contributed by atoms with Crippen LogP contribution >= 0.6 is 0 Å². The second kappa shape index (κ2) is 7.49. The predicted molar refractivity (Wildman–Crippen MR) is 87.2 cm³/mol. The van der Waals surface area contributed by atoms with Crippen molar-refractivity contribution in [1.29, 1.82) is 0 Å². The van der Waals surface area contributed by atoms with Gasteiger partial charge in [-0.3, -0.25) is 4.79 Å². The lowest BCUT2D eigenvalue weighted by Crippen LogP contribution is -2.45. The van der Waals surface area contributed by atoms with Crippen molar-refractivity contribution in [1.82, 2.24) is 5.32 Å². The quantitative estimate of drug-likeness (QED) is 0.837. The number of ether oxygens (including phenoxy) is 1. The van der Waals surface area contributed by atoms with Gasteiger partial charge < -0.3 is 15.2 Å². The van der Waals surface area contributed by atoms with E-state index in [-0.39, 0.29) is 29.9 Å². The van der Waals surface area contributed by atoms with Crippen LogP contribution in [-0.4, -0.2) is 29.6 Å². The molecule has 0 unspecified atom stereocenters. The maximum atomic E-state index is 12.0. The van der Waals surface area contributed by atoms with Gasteiger partial charge in [0.2, 0.25) is 0 Å². The summed E-state index contributed by atoms with van der Waals surface area (Å²) in [6, 6.07) is 4.82. The predicted octanol–water partition coefficient (Wildman–Crippen LogP) is 2.80. The maximum absolute atomic E-state index is 12.0. The number of phenols is 1. The van der Waals surface area contributed by atoms with Crippen LogP contribution in [0.25, 0.3) is 0 Å². The molecule has 2 rings (SSSR count). The summed E-state index contributed by atoms with van der Waals surface area (Å²) in [5, 5.41) is 12.6. The van der Waals surface area contributed by atoms with Crippen LogP contribution in [0.2, 0.25) is 0 Å². The van der Waals surface area contributed by atoms with Crippen molar-refractivity contribution in [2.24, 2.45) is 11.8 Å². The van der Waals surface area contributed by atoms with Crippen molar-refractivity contribution in [2.75, 3.05) is 6.61 Å². The Kier molecular flexibility index (Phi) is 5.64. The molecule has 1 aliphatic rings. The molecular weight excluding hydrogens is 294 g/mol. The molecule has 3 atom stereocenters. The summed E-state index contributed by atoms with van der Waals surface area (Å²) >= 11 is 0. The van der Waals surface area contributed by atoms with Crippen molar-refractivity contribution in [2.45, 2.75) is 46.1 Å². The van der Waals surface area contributed by atoms with Crippen LogP contribution in [0.15, 0.2) is 18.2 Å². The maximum Gasteiger partial charge on any atom is 0.342 e. The van der Waals surface area contributed by atoms with E-state index < -0.39 is 5.97 Å². The Morgan fingerprint density at radius 2 is 2.04 bits per heavy atom. The van der Waals surface area contributed by atoms with Crippen LogP contribution in [0.1, 0.15) is 49.0 Å². The average Bonchev–Trinajstić information content (AvgIpc) is 2.52. The minimum atomic E-state index is -0.689. The summed E-state index contributed by atoms with van der Waals surface area (Å²) in [7, 11) is 0. The third-order valence-corrected chi connectivity index (χ3v) is 4.76. The van der Waals surface area contributed by atoms with Gasteiger partial charge in [0.1, 0.15) is 11.3 Å². The number of rotatable bonds is 4. The van der Waals surface area contributed by atoms with Crippen molar-refractivity contribution < 1.29 is 19.4 Å². The lowest BCUT2D eigenvalue weighted by molar-refractivity contribution is -0.125. The van der Waals surface area contributed by atoms with Crippen LogP contribution in [0.4, 0.5) is 0 Å². The van der Waals surface area contributed by atoms with Gasteiger partial charge in [0, 0.05) is 6.04 Å². The highest BCUT2D eigenvalue weighted by atomic mass is 16.5.